The lowest BCUT2D eigenvalue weighted by molar-refractivity contribution is -0.128. The van der Waals surface area contributed by atoms with Crippen LogP contribution >= 0.6 is 0 Å². The topological polar surface area (TPSA) is 242 Å². The number of Topliss-reactive ketones (excluding diaryl/α,β-unsaturated/α-hetero) is 1. The fourth-order valence-corrected chi connectivity index (χ4v) is 10.4. The van der Waals surface area contributed by atoms with Crippen molar-refractivity contribution in [3.8, 4) is 23.0 Å². The summed E-state index contributed by atoms with van der Waals surface area (Å²) in [5.74, 6) is -0.511. The molecule has 1 saturated carbocycles. The third-order valence-electron chi connectivity index (χ3n) is 15.2. The van der Waals surface area contributed by atoms with Gasteiger partial charge in [-0.25, -0.2) is 14.5 Å². The first kappa shape index (κ1) is 54.8. The summed E-state index contributed by atoms with van der Waals surface area (Å²) in [6.45, 7) is 11.3. The van der Waals surface area contributed by atoms with Crippen LogP contribution in [0.2, 0.25) is 0 Å². The Balaban J connectivity index is 0.893. The summed E-state index contributed by atoms with van der Waals surface area (Å²) < 4.78 is 35.3. The lowest BCUT2D eigenvalue weighted by atomic mass is 10.0. The van der Waals surface area contributed by atoms with Gasteiger partial charge < -0.3 is 54.4 Å². The second-order valence-electron chi connectivity index (χ2n) is 21.0. The highest BCUT2D eigenvalue weighted by atomic mass is 16.6. The number of ketones is 1. The van der Waals surface area contributed by atoms with Crippen LogP contribution in [0.15, 0.2) is 85.7 Å². The highest BCUT2D eigenvalue weighted by molar-refractivity contribution is 6.08. The summed E-state index contributed by atoms with van der Waals surface area (Å²) in [7, 11) is 2.89. The number of aliphatic hydroxyl groups is 1. The third kappa shape index (κ3) is 11.4. The second-order valence-corrected chi connectivity index (χ2v) is 21.0. The number of aryl methyl sites for hydroxylation is 1. The average Bonchev–Trinajstić information content (AvgIpc) is 4.16. The quantitative estimate of drug-likeness (QED) is 0.0652. The number of amides is 5. The number of ether oxygens (including phenoxy) is 6. The maximum atomic E-state index is 14.4. The molecule has 20 nitrogen and oxygen atoms in total. The number of hydrogen-bond acceptors (Lipinski definition) is 15. The van der Waals surface area contributed by atoms with Crippen molar-refractivity contribution in [3.63, 3.8) is 0 Å². The highest BCUT2D eigenvalue weighted by Crippen LogP contribution is 2.57. The Bertz CT molecular complexity index is 3010. The molecule has 4 aliphatic heterocycles. The molecule has 1 spiro atoms. The number of carbonyl (C=O) groups is 6. The molecular weight excluding hydrogens is 1000 g/mol. The van der Waals surface area contributed by atoms with Gasteiger partial charge in [-0.1, -0.05) is 62.4 Å². The molecule has 5 aliphatic rings. The number of anilines is 2. The minimum Gasteiger partial charge on any atom is -0.493 e. The molecule has 4 N–H and O–H groups in total. The maximum Gasteiger partial charge on any atom is 0.416 e. The van der Waals surface area contributed by atoms with Gasteiger partial charge in [-0.15, -0.1) is 0 Å². The van der Waals surface area contributed by atoms with Crippen molar-refractivity contribution < 1.29 is 62.3 Å². The van der Waals surface area contributed by atoms with Crippen molar-refractivity contribution in [2.75, 3.05) is 56.9 Å². The number of fused-ring (bicyclic) bond motifs is 4. The fourth-order valence-electron chi connectivity index (χ4n) is 10.4. The Morgan fingerprint density at radius 2 is 1.55 bits per heavy atom. The Labute approximate surface area is 453 Å². The fraction of sp³-hybridized carbons (Fsp3) is 0.431. The molecular formula is C58H67N7O13. The Hall–Kier alpha value is -7.97. The molecule has 0 bridgehead atoms. The van der Waals surface area contributed by atoms with Crippen LogP contribution in [0.5, 0.6) is 23.0 Å². The number of nitrogens with two attached hydrogens (primary N) is 1. The molecule has 20 heteroatoms. The molecule has 0 radical (unpaired) electrons. The number of benzene rings is 3. The van der Waals surface area contributed by atoms with E-state index in [1.54, 1.807) is 41.0 Å². The van der Waals surface area contributed by atoms with Gasteiger partial charge in [0.1, 0.15) is 13.2 Å². The zero-order valence-corrected chi connectivity index (χ0v) is 44.8. The lowest BCUT2D eigenvalue weighted by Crippen LogP contribution is -2.50. The Morgan fingerprint density at radius 1 is 0.885 bits per heavy atom. The molecule has 78 heavy (non-hydrogen) atoms. The molecule has 2 fully saturated rings. The smallest absolute Gasteiger partial charge is 0.416 e. The first-order valence-electron chi connectivity index (χ1n) is 26.3. The minimum atomic E-state index is -1.48. The highest BCUT2D eigenvalue weighted by Gasteiger charge is 2.58. The summed E-state index contributed by atoms with van der Waals surface area (Å²) in [5.41, 5.74) is 10.5. The number of methoxy groups -OCH3 is 2. The number of nitrogens with zero attached hydrogens (tertiary/aromatic N) is 5. The normalized spacial score (nSPS) is 19.6. The van der Waals surface area contributed by atoms with Gasteiger partial charge in [0.05, 0.1) is 86.3 Å². The zero-order valence-electron chi connectivity index (χ0n) is 44.8. The van der Waals surface area contributed by atoms with Crippen molar-refractivity contribution in [3.05, 3.63) is 119 Å². The molecule has 3 aromatic carbocycles. The van der Waals surface area contributed by atoms with Gasteiger partial charge >= 0.3 is 12.2 Å². The monoisotopic (exact) mass is 1070 g/mol. The van der Waals surface area contributed by atoms with E-state index in [0.717, 1.165) is 34.4 Å². The molecule has 4 aromatic rings. The van der Waals surface area contributed by atoms with Crippen LogP contribution in [-0.2, 0) is 32.1 Å². The van der Waals surface area contributed by atoms with Gasteiger partial charge in [-0.2, -0.15) is 0 Å². The molecule has 1 aliphatic carbocycles. The number of pyridine rings is 1. The average molecular weight is 1070 g/mol. The van der Waals surface area contributed by atoms with E-state index in [2.05, 4.69) is 16.9 Å². The molecule has 5 amide bonds. The zero-order chi connectivity index (χ0) is 55.6. The SMILES string of the molecule is C=CCOC(=O)N1C[C@@H]2CC(c3ccc(C)cc3)=CN2C(=O)c2cc(OC)c(OCCCOc3cc4c(cc3OC)C(=O)N3CC5(CC5)C[C@H]3C(O)N4C(=O)OCc3ccc(CC(=O)[C@H](C)NC(=O)[C@@H](N)C(C)C)cn3)cc21. The first-order valence-corrected chi connectivity index (χ1v) is 26.3. The predicted molar refractivity (Wildman–Crippen MR) is 287 cm³/mol. The molecule has 1 unspecified atom stereocenters. The molecule has 9 rings (SSSR count). The summed E-state index contributed by atoms with van der Waals surface area (Å²) in [6.07, 6.45) is 4.85. The van der Waals surface area contributed by atoms with Crippen LogP contribution in [0.25, 0.3) is 5.57 Å². The predicted octanol–water partition coefficient (Wildman–Crippen LogP) is 6.72. The van der Waals surface area contributed by atoms with E-state index < -0.39 is 42.4 Å². The van der Waals surface area contributed by atoms with Gasteiger partial charge in [0.15, 0.2) is 35.0 Å². The molecule has 412 valence electrons. The Morgan fingerprint density at radius 3 is 2.17 bits per heavy atom. The number of nitrogens with one attached hydrogen (secondary N) is 1. The lowest BCUT2D eigenvalue weighted by Gasteiger charge is -2.31. The van der Waals surface area contributed by atoms with E-state index >= 15 is 0 Å². The van der Waals surface area contributed by atoms with Crippen molar-refractivity contribution in [2.45, 2.75) is 103 Å². The summed E-state index contributed by atoms with van der Waals surface area (Å²) >= 11 is 0. The first-order chi connectivity index (χ1) is 37.4. The van der Waals surface area contributed by atoms with E-state index in [0.29, 0.717) is 42.8 Å². The van der Waals surface area contributed by atoms with Crippen molar-refractivity contribution >= 4 is 52.6 Å². The number of aromatic nitrogens is 1. The van der Waals surface area contributed by atoms with Gasteiger partial charge in [0.25, 0.3) is 11.8 Å². The Kier molecular flexibility index (Phi) is 16.1. The molecule has 5 heterocycles. The van der Waals surface area contributed by atoms with E-state index in [4.69, 9.17) is 34.2 Å². The van der Waals surface area contributed by atoms with Crippen LogP contribution in [0.3, 0.4) is 0 Å². The van der Waals surface area contributed by atoms with Crippen molar-refractivity contribution in [1.82, 2.24) is 20.1 Å². The van der Waals surface area contributed by atoms with E-state index in [-0.39, 0.29) is 114 Å². The van der Waals surface area contributed by atoms with Crippen LogP contribution in [0, 0.1) is 18.3 Å². The van der Waals surface area contributed by atoms with Crippen LogP contribution in [-0.4, -0.2) is 133 Å². The summed E-state index contributed by atoms with van der Waals surface area (Å²) in [6, 6.07) is 14.9. The van der Waals surface area contributed by atoms with Crippen LogP contribution in [0.1, 0.15) is 96.0 Å². The number of rotatable bonds is 19. The number of carbonyl (C=O) groups excluding carboxylic acids is 6. The van der Waals surface area contributed by atoms with Gasteiger partial charge in [-0.3, -0.25) is 29.1 Å². The molecule has 1 aromatic heterocycles. The number of hydrogen-bond donors (Lipinski definition) is 3. The van der Waals surface area contributed by atoms with Gasteiger partial charge in [0.2, 0.25) is 5.91 Å². The standard InChI is InChI=1S/C58H67N7O13/c1-8-18-77-56(71)63-30-40-22-38(37-13-10-34(4)11-14-37)29-62(40)53(68)41-23-47(73-6)49(25-43(41)63)75-19-9-20-76-50-26-44-42(24-48(50)74-7)54(69)64-32-58(16-17-58)27-45(64)55(70)65(44)57(72)78-31-39-15-12-36(28-60-39)21-46(66)35(5)61-52(67)51(59)33(2)3/h8,10-15,23-26,28-29,33,35,40,45,51,55,70H,1,9,16-22,27,30-32,59H2,2-7H3,(H,61,67)/t35-,40-,45-,51-,55?/m0/s1. The minimum absolute atomic E-state index is 0.00719. The van der Waals surface area contributed by atoms with E-state index in [1.807, 2.05) is 51.2 Å². The number of aliphatic hydroxyl groups excluding tert-OH is 1. The summed E-state index contributed by atoms with van der Waals surface area (Å²) in [4.78, 5) is 92.4. The van der Waals surface area contributed by atoms with Gasteiger partial charge in [0, 0.05) is 43.9 Å². The van der Waals surface area contributed by atoms with Crippen LogP contribution < -0.4 is 39.8 Å². The van der Waals surface area contributed by atoms with Crippen molar-refractivity contribution in [1.29, 1.82) is 0 Å². The maximum absolute atomic E-state index is 14.4. The van der Waals surface area contributed by atoms with E-state index in [1.165, 1.54) is 43.5 Å². The van der Waals surface area contributed by atoms with Gasteiger partial charge in [-0.05, 0) is 85.8 Å². The molecule has 5 atom stereocenters. The second kappa shape index (κ2) is 22.9. The van der Waals surface area contributed by atoms with E-state index in [9.17, 15) is 33.9 Å². The largest absolute Gasteiger partial charge is 0.493 e. The third-order valence-corrected chi connectivity index (χ3v) is 15.2. The van der Waals surface area contributed by atoms with Crippen molar-refractivity contribution in [2.24, 2.45) is 17.1 Å². The van der Waals surface area contributed by atoms with Crippen LogP contribution in [0.4, 0.5) is 21.0 Å². The summed E-state index contributed by atoms with van der Waals surface area (Å²) in [5, 5.41) is 14.8. The molecule has 1 saturated heterocycles.